The van der Waals surface area contributed by atoms with Crippen LogP contribution in [0.2, 0.25) is 0 Å². The second-order valence-corrected chi connectivity index (χ2v) is 4.39. The van der Waals surface area contributed by atoms with Gasteiger partial charge in [0.25, 0.3) is 0 Å². The molecule has 3 heteroatoms. The normalized spacial score (nSPS) is 10.8. The van der Waals surface area contributed by atoms with E-state index in [4.69, 9.17) is 5.73 Å². The van der Waals surface area contributed by atoms with Crippen LogP contribution in [0.5, 0.6) is 0 Å². The monoisotopic (exact) mass is 252 g/mol. The summed E-state index contributed by atoms with van der Waals surface area (Å²) in [7, 11) is 0. The van der Waals surface area contributed by atoms with E-state index in [9.17, 15) is 4.39 Å². The van der Waals surface area contributed by atoms with Crippen molar-refractivity contribution in [2.24, 2.45) is 5.73 Å². The summed E-state index contributed by atoms with van der Waals surface area (Å²) in [5, 5.41) is 1.04. The Labute approximate surface area is 110 Å². The first kappa shape index (κ1) is 11.8. The van der Waals surface area contributed by atoms with E-state index in [0.29, 0.717) is 5.56 Å². The number of para-hydroxylation sites is 1. The molecular formula is C16H13FN2. The van der Waals surface area contributed by atoms with E-state index < -0.39 is 0 Å². The van der Waals surface area contributed by atoms with Crippen molar-refractivity contribution in [3.63, 3.8) is 0 Å². The molecule has 1 aromatic heterocycles. The van der Waals surface area contributed by atoms with Crippen LogP contribution in [0.1, 0.15) is 5.56 Å². The van der Waals surface area contributed by atoms with Crippen LogP contribution in [0.25, 0.3) is 22.0 Å². The van der Waals surface area contributed by atoms with Gasteiger partial charge in [-0.15, -0.1) is 0 Å². The Hall–Kier alpha value is -2.26. The summed E-state index contributed by atoms with van der Waals surface area (Å²) in [5.41, 5.74) is 8.63. The summed E-state index contributed by atoms with van der Waals surface area (Å²) in [5.74, 6) is -0.270. The average Bonchev–Trinajstić information content (AvgIpc) is 2.46. The molecule has 0 aliphatic carbocycles. The molecule has 0 radical (unpaired) electrons. The summed E-state index contributed by atoms with van der Waals surface area (Å²) >= 11 is 0. The molecule has 0 aliphatic heterocycles. The lowest BCUT2D eigenvalue weighted by molar-refractivity contribution is 0.611. The van der Waals surface area contributed by atoms with Gasteiger partial charge in [0.05, 0.1) is 5.52 Å². The van der Waals surface area contributed by atoms with Crippen LogP contribution in [-0.2, 0) is 6.54 Å². The van der Waals surface area contributed by atoms with Gasteiger partial charge in [0.2, 0.25) is 0 Å². The highest BCUT2D eigenvalue weighted by molar-refractivity contribution is 5.93. The third kappa shape index (κ3) is 2.09. The standard InChI is InChI=1S/C16H13FN2/c17-15-9-12(6-7-13(15)10-18)14-5-1-3-11-4-2-8-19-16(11)14/h1-9H,10,18H2. The molecule has 94 valence electrons. The lowest BCUT2D eigenvalue weighted by Gasteiger charge is -2.07. The summed E-state index contributed by atoms with van der Waals surface area (Å²) < 4.78 is 13.8. The minimum atomic E-state index is -0.270. The highest BCUT2D eigenvalue weighted by atomic mass is 19.1. The van der Waals surface area contributed by atoms with Gasteiger partial charge >= 0.3 is 0 Å². The zero-order valence-corrected chi connectivity index (χ0v) is 10.3. The molecule has 2 nitrogen and oxygen atoms in total. The molecule has 0 saturated carbocycles. The van der Waals surface area contributed by atoms with Crippen LogP contribution in [0.3, 0.4) is 0 Å². The molecule has 0 amide bonds. The first-order valence-electron chi connectivity index (χ1n) is 6.12. The number of fused-ring (bicyclic) bond motifs is 1. The number of hydrogen-bond donors (Lipinski definition) is 1. The van der Waals surface area contributed by atoms with Crippen LogP contribution in [0, 0.1) is 5.82 Å². The highest BCUT2D eigenvalue weighted by Crippen LogP contribution is 2.28. The Morgan fingerprint density at radius 3 is 2.68 bits per heavy atom. The molecule has 3 rings (SSSR count). The van der Waals surface area contributed by atoms with Crippen molar-refractivity contribution in [3.05, 3.63) is 66.1 Å². The van der Waals surface area contributed by atoms with E-state index in [1.165, 1.54) is 6.07 Å². The summed E-state index contributed by atoms with van der Waals surface area (Å²) in [6.07, 6.45) is 1.75. The van der Waals surface area contributed by atoms with Crippen molar-refractivity contribution in [1.82, 2.24) is 4.98 Å². The lowest BCUT2D eigenvalue weighted by Crippen LogP contribution is -1.99. The smallest absolute Gasteiger partial charge is 0.128 e. The van der Waals surface area contributed by atoms with E-state index in [-0.39, 0.29) is 12.4 Å². The first-order valence-corrected chi connectivity index (χ1v) is 6.12. The Kier molecular flexibility index (Phi) is 2.97. The minimum Gasteiger partial charge on any atom is -0.326 e. The van der Waals surface area contributed by atoms with Gasteiger partial charge in [-0.05, 0) is 17.7 Å². The molecule has 0 bridgehead atoms. The van der Waals surface area contributed by atoms with Crippen LogP contribution in [0.15, 0.2) is 54.7 Å². The van der Waals surface area contributed by atoms with Gasteiger partial charge in [0, 0.05) is 29.3 Å². The van der Waals surface area contributed by atoms with Gasteiger partial charge in [-0.2, -0.15) is 0 Å². The zero-order chi connectivity index (χ0) is 13.2. The van der Waals surface area contributed by atoms with Crippen molar-refractivity contribution in [1.29, 1.82) is 0 Å². The maximum Gasteiger partial charge on any atom is 0.128 e. The fourth-order valence-electron chi connectivity index (χ4n) is 2.22. The minimum absolute atomic E-state index is 0.208. The molecular weight excluding hydrogens is 239 g/mol. The number of hydrogen-bond acceptors (Lipinski definition) is 2. The Morgan fingerprint density at radius 2 is 1.89 bits per heavy atom. The molecule has 2 N–H and O–H groups in total. The SMILES string of the molecule is NCc1ccc(-c2cccc3cccnc23)cc1F. The molecule has 2 aromatic carbocycles. The molecule has 3 aromatic rings. The second kappa shape index (κ2) is 4.78. The van der Waals surface area contributed by atoms with Gasteiger partial charge in [-0.3, -0.25) is 4.98 Å². The molecule has 0 atom stereocenters. The first-order chi connectivity index (χ1) is 9.29. The molecule has 0 saturated heterocycles. The van der Waals surface area contributed by atoms with Gasteiger partial charge in [0.1, 0.15) is 5.82 Å². The maximum atomic E-state index is 13.8. The van der Waals surface area contributed by atoms with E-state index in [1.807, 2.05) is 36.4 Å². The van der Waals surface area contributed by atoms with E-state index in [2.05, 4.69) is 4.98 Å². The van der Waals surface area contributed by atoms with Gasteiger partial charge in [-0.25, -0.2) is 4.39 Å². The van der Waals surface area contributed by atoms with Crippen LogP contribution >= 0.6 is 0 Å². The van der Waals surface area contributed by atoms with E-state index in [0.717, 1.165) is 22.0 Å². The van der Waals surface area contributed by atoms with Gasteiger partial charge in [0.15, 0.2) is 0 Å². The second-order valence-electron chi connectivity index (χ2n) is 4.39. The lowest BCUT2D eigenvalue weighted by atomic mass is 10.0. The molecule has 0 fully saturated rings. The molecule has 1 heterocycles. The fraction of sp³-hybridized carbons (Fsp3) is 0.0625. The van der Waals surface area contributed by atoms with Crippen molar-refractivity contribution < 1.29 is 4.39 Å². The Morgan fingerprint density at radius 1 is 1.05 bits per heavy atom. The average molecular weight is 252 g/mol. The summed E-state index contributed by atoms with van der Waals surface area (Å²) in [6.45, 7) is 0.208. The predicted octanol–water partition coefficient (Wildman–Crippen LogP) is 3.50. The third-order valence-electron chi connectivity index (χ3n) is 3.22. The van der Waals surface area contributed by atoms with Crippen LogP contribution < -0.4 is 5.73 Å². The van der Waals surface area contributed by atoms with Gasteiger partial charge in [-0.1, -0.05) is 36.4 Å². The third-order valence-corrected chi connectivity index (χ3v) is 3.22. The van der Waals surface area contributed by atoms with Crippen LogP contribution in [-0.4, -0.2) is 4.98 Å². The number of halogens is 1. The molecule has 0 aliphatic rings. The Balaban J connectivity index is 2.22. The molecule has 0 unspecified atom stereocenters. The number of nitrogens with zero attached hydrogens (tertiary/aromatic N) is 1. The topological polar surface area (TPSA) is 38.9 Å². The van der Waals surface area contributed by atoms with Crippen molar-refractivity contribution in [2.45, 2.75) is 6.54 Å². The highest BCUT2D eigenvalue weighted by Gasteiger charge is 2.07. The fourth-order valence-corrected chi connectivity index (χ4v) is 2.22. The van der Waals surface area contributed by atoms with Crippen molar-refractivity contribution >= 4 is 10.9 Å². The number of rotatable bonds is 2. The van der Waals surface area contributed by atoms with Crippen LogP contribution in [0.4, 0.5) is 4.39 Å². The van der Waals surface area contributed by atoms with Crippen molar-refractivity contribution in [2.75, 3.05) is 0 Å². The maximum absolute atomic E-state index is 13.8. The molecule has 0 spiro atoms. The summed E-state index contributed by atoms with van der Waals surface area (Å²) in [4.78, 5) is 4.38. The number of benzene rings is 2. The van der Waals surface area contributed by atoms with E-state index in [1.54, 1.807) is 12.3 Å². The van der Waals surface area contributed by atoms with Gasteiger partial charge < -0.3 is 5.73 Å². The zero-order valence-electron chi connectivity index (χ0n) is 10.3. The number of pyridine rings is 1. The molecule has 19 heavy (non-hydrogen) atoms. The Bertz CT molecular complexity index is 732. The predicted molar refractivity (Wildman–Crippen MR) is 75.0 cm³/mol. The largest absolute Gasteiger partial charge is 0.326 e. The van der Waals surface area contributed by atoms with E-state index >= 15 is 0 Å². The number of aromatic nitrogens is 1. The quantitative estimate of drug-likeness (QED) is 0.758. The summed E-state index contributed by atoms with van der Waals surface area (Å²) in [6, 6.07) is 14.9. The number of nitrogens with two attached hydrogens (primary N) is 1. The van der Waals surface area contributed by atoms with Crippen molar-refractivity contribution in [3.8, 4) is 11.1 Å².